The van der Waals surface area contributed by atoms with Crippen molar-refractivity contribution in [2.45, 2.75) is 6.04 Å². The van der Waals surface area contributed by atoms with Crippen molar-refractivity contribution in [1.29, 1.82) is 0 Å². The molecule has 14 heavy (non-hydrogen) atoms. The molecule has 5 heteroatoms. The quantitative estimate of drug-likeness (QED) is 0.613. The zero-order chi connectivity index (χ0) is 10.1. The van der Waals surface area contributed by atoms with E-state index in [1.165, 1.54) is 0 Å². The van der Waals surface area contributed by atoms with Crippen LogP contribution in [0.3, 0.4) is 0 Å². The molecule has 1 atom stereocenters. The number of carbonyl (C=O) groups excluding carboxylic acids is 1. The van der Waals surface area contributed by atoms with Gasteiger partial charge in [-0.25, -0.2) is 4.79 Å². The number of nitrogens with one attached hydrogen (secondary N) is 2. The Morgan fingerprint density at radius 3 is 2.93 bits per heavy atom. The maximum Gasteiger partial charge on any atom is 0.315 e. The first kappa shape index (κ1) is 9.15. The van der Waals surface area contributed by atoms with Crippen molar-refractivity contribution in [2.24, 2.45) is 0 Å². The highest BCUT2D eigenvalue weighted by Crippen LogP contribution is 2.25. The van der Waals surface area contributed by atoms with E-state index in [0.717, 1.165) is 5.56 Å². The van der Waals surface area contributed by atoms with Crippen molar-refractivity contribution in [3.05, 3.63) is 28.8 Å². The van der Waals surface area contributed by atoms with Crippen LogP contribution in [-0.4, -0.2) is 12.6 Å². The zero-order valence-electron chi connectivity index (χ0n) is 7.38. The van der Waals surface area contributed by atoms with Crippen LogP contribution in [0.25, 0.3) is 0 Å². The number of hydrogen-bond acceptors (Lipinski definition) is 2. The second-order valence-corrected chi connectivity index (χ2v) is 3.62. The van der Waals surface area contributed by atoms with E-state index in [1.807, 2.05) is 0 Å². The minimum atomic E-state index is -0.172. The molecule has 1 aromatic carbocycles. The Morgan fingerprint density at radius 2 is 2.29 bits per heavy atom. The summed E-state index contributed by atoms with van der Waals surface area (Å²) >= 11 is 5.84. The fourth-order valence-electron chi connectivity index (χ4n) is 1.49. The minimum absolute atomic E-state index is 0.0822. The Bertz CT molecular complexity index is 380. The summed E-state index contributed by atoms with van der Waals surface area (Å²) in [5.74, 6) is 0. The topological polar surface area (TPSA) is 67.1 Å². The van der Waals surface area contributed by atoms with Gasteiger partial charge in [0, 0.05) is 22.8 Å². The first-order valence-corrected chi connectivity index (χ1v) is 4.64. The number of nitrogens with two attached hydrogens (primary N) is 1. The van der Waals surface area contributed by atoms with Gasteiger partial charge in [0.15, 0.2) is 0 Å². The van der Waals surface area contributed by atoms with Gasteiger partial charge in [-0.3, -0.25) is 0 Å². The Hall–Kier alpha value is -1.42. The highest BCUT2D eigenvalue weighted by molar-refractivity contribution is 6.30. The zero-order valence-corrected chi connectivity index (χ0v) is 8.14. The molecular weight excluding hydrogens is 202 g/mol. The molecule has 1 aromatic rings. The van der Waals surface area contributed by atoms with E-state index in [0.29, 0.717) is 17.3 Å². The highest BCUT2D eigenvalue weighted by atomic mass is 35.5. The maximum absolute atomic E-state index is 10.9. The Morgan fingerprint density at radius 1 is 1.50 bits per heavy atom. The van der Waals surface area contributed by atoms with Crippen molar-refractivity contribution in [1.82, 2.24) is 10.6 Å². The highest BCUT2D eigenvalue weighted by Gasteiger charge is 2.23. The lowest BCUT2D eigenvalue weighted by Crippen LogP contribution is -2.22. The SMILES string of the molecule is Nc1ccc(Cl)cc1C1CNC(=O)N1. The molecule has 1 saturated heterocycles. The minimum Gasteiger partial charge on any atom is -0.398 e. The molecule has 2 amide bonds. The van der Waals surface area contributed by atoms with Crippen LogP contribution in [0, 0.1) is 0 Å². The third-order valence-corrected chi connectivity index (χ3v) is 2.43. The first-order chi connectivity index (χ1) is 6.66. The number of amides is 2. The van der Waals surface area contributed by atoms with Gasteiger partial charge in [0.25, 0.3) is 0 Å². The van der Waals surface area contributed by atoms with Crippen LogP contribution in [-0.2, 0) is 0 Å². The van der Waals surface area contributed by atoms with Crippen molar-refractivity contribution < 1.29 is 4.79 Å². The van der Waals surface area contributed by atoms with Crippen LogP contribution in [0.2, 0.25) is 5.02 Å². The first-order valence-electron chi connectivity index (χ1n) is 4.26. The molecule has 0 bridgehead atoms. The molecule has 74 valence electrons. The number of urea groups is 1. The Kier molecular flexibility index (Phi) is 2.21. The summed E-state index contributed by atoms with van der Waals surface area (Å²) in [7, 11) is 0. The van der Waals surface area contributed by atoms with Gasteiger partial charge in [-0.15, -0.1) is 0 Å². The fourth-order valence-corrected chi connectivity index (χ4v) is 1.67. The van der Waals surface area contributed by atoms with Gasteiger partial charge in [0.05, 0.1) is 6.04 Å². The van der Waals surface area contributed by atoms with E-state index in [2.05, 4.69) is 10.6 Å². The lowest BCUT2D eigenvalue weighted by molar-refractivity contribution is 0.247. The number of benzene rings is 1. The molecule has 0 aromatic heterocycles. The number of nitrogen functional groups attached to an aromatic ring is 1. The van der Waals surface area contributed by atoms with E-state index >= 15 is 0 Å². The fraction of sp³-hybridized carbons (Fsp3) is 0.222. The Balaban J connectivity index is 2.31. The van der Waals surface area contributed by atoms with Crippen LogP contribution in [0.1, 0.15) is 11.6 Å². The second kappa shape index (κ2) is 3.38. The molecule has 1 fully saturated rings. The van der Waals surface area contributed by atoms with Gasteiger partial charge in [-0.05, 0) is 18.2 Å². The van der Waals surface area contributed by atoms with Crippen LogP contribution in [0.5, 0.6) is 0 Å². The van der Waals surface area contributed by atoms with Gasteiger partial charge < -0.3 is 16.4 Å². The van der Waals surface area contributed by atoms with Gasteiger partial charge in [-0.2, -0.15) is 0 Å². The molecule has 1 aliphatic rings. The number of rotatable bonds is 1. The summed E-state index contributed by atoms with van der Waals surface area (Å²) in [4.78, 5) is 10.9. The summed E-state index contributed by atoms with van der Waals surface area (Å²) in [5, 5.41) is 6.04. The Labute approximate surface area is 86.4 Å². The van der Waals surface area contributed by atoms with E-state index in [1.54, 1.807) is 18.2 Å². The van der Waals surface area contributed by atoms with Crippen LogP contribution in [0.4, 0.5) is 10.5 Å². The molecule has 0 radical (unpaired) electrons. The third-order valence-electron chi connectivity index (χ3n) is 2.20. The molecule has 4 N–H and O–H groups in total. The van der Waals surface area contributed by atoms with Crippen molar-refractivity contribution >= 4 is 23.3 Å². The second-order valence-electron chi connectivity index (χ2n) is 3.18. The molecule has 0 spiro atoms. The molecule has 4 nitrogen and oxygen atoms in total. The van der Waals surface area contributed by atoms with Crippen molar-refractivity contribution in [2.75, 3.05) is 12.3 Å². The lowest BCUT2D eigenvalue weighted by Gasteiger charge is -2.11. The van der Waals surface area contributed by atoms with Crippen LogP contribution >= 0.6 is 11.6 Å². The smallest absolute Gasteiger partial charge is 0.315 e. The average Bonchev–Trinajstić information content (AvgIpc) is 2.56. The van der Waals surface area contributed by atoms with E-state index in [9.17, 15) is 4.79 Å². The standard InChI is InChI=1S/C9H10ClN3O/c10-5-1-2-7(11)6(3-5)8-4-12-9(14)13-8/h1-3,8H,4,11H2,(H2,12,13,14). The van der Waals surface area contributed by atoms with Gasteiger partial charge in [0.1, 0.15) is 0 Å². The summed E-state index contributed by atoms with van der Waals surface area (Å²) < 4.78 is 0. The largest absolute Gasteiger partial charge is 0.398 e. The number of carbonyl (C=O) groups is 1. The summed E-state index contributed by atoms with van der Waals surface area (Å²) in [6, 6.07) is 4.98. The van der Waals surface area contributed by atoms with Crippen LogP contribution < -0.4 is 16.4 Å². The number of hydrogen-bond donors (Lipinski definition) is 3. The molecule has 0 saturated carbocycles. The summed E-state index contributed by atoms with van der Waals surface area (Å²) in [6.45, 7) is 0.545. The van der Waals surface area contributed by atoms with E-state index in [4.69, 9.17) is 17.3 Å². The predicted molar refractivity (Wildman–Crippen MR) is 55.1 cm³/mol. The van der Waals surface area contributed by atoms with Crippen molar-refractivity contribution in [3.63, 3.8) is 0 Å². The molecule has 0 aliphatic carbocycles. The van der Waals surface area contributed by atoms with Gasteiger partial charge in [0.2, 0.25) is 0 Å². The molecular formula is C9H10ClN3O. The number of anilines is 1. The average molecular weight is 212 g/mol. The monoisotopic (exact) mass is 211 g/mol. The lowest BCUT2D eigenvalue weighted by atomic mass is 10.1. The normalized spacial score (nSPS) is 20.4. The van der Waals surface area contributed by atoms with Crippen molar-refractivity contribution in [3.8, 4) is 0 Å². The van der Waals surface area contributed by atoms with E-state index in [-0.39, 0.29) is 12.1 Å². The molecule has 1 heterocycles. The van der Waals surface area contributed by atoms with Gasteiger partial charge >= 0.3 is 6.03 Å². The van der Waals surface area contributed by atoms with E-state index < -0.39 is 0 Å². The number of halogens is 1. The summed E-state index contributed by atoms with van der Waals surface area (Å²) in [6.07, 6.45) is 0. The van der Waals surface area contributed by atoms with Crippen LogP contribution in [0.15, 0.2) is 18.2 Å². The maximum atomic E-state index is 10.9. The summed E-state index contributed by atoms with van der Waals surface area (Å²) in [5.41, 5.74) is 7.28. The predicted octanol–water partition coefficient (Wildman–Crippen LogP) is 1.28. The van der Waals surface area contributed by atoms with Gasteiger partial charge in [-0.1, -0.05) is 11.6 Å². The third kappa shape index (κ3) is 1.61. The molecule has 1 unspecified atom stereocenters. The molecule has 2 rings (SSSR count). The molecule has 1 aliphatic heterocycles.